The normalized spacial score (nSPS) is 24.7. The van der Waals surface area contributed by atoms with Crippen molar-refractivity contribution in [3.8, 4) is 0 Å². The Hall–Kier alpha value is -0.940. The Bertz CT molecular complexity index is 358. The highest BCUT2D eigenvalue weighted by Crippen LogP contribution is 2.23. The number of nitrogens with zero attached hydrogens (tertiary/aromatic N) is 3. The van der Waals surface area contributed by atoms with Crippen LogP contribution in [-0.4, -0.2) is 33.7 Å². The molecule has 1 fully saturated rings. The molecule has 1 aromatic rings. The van der Waals surface area contributed by atoms with Crippen molar-refractivity contribution in [2.45, 2.75) is 64.6 Å². The van der Waals surface area contributed by atoms with Crippen LogP contribution in [0.1, 0.15) is 50.7 Å². The van der Waals surface area contributed by atoms with Gasteiger partial charge in [-0.2, -0.15) is 4.98 Å². The largest absolute Gasteiger partial charge is 0.338 e. The van der Waals surface area contributed by atoms with E-state index in [1.165, 1.54) is 12.8 Å². The summed E-state index contributed by atoms with van der Waals surface area (Å²) in [5.41, 5.74) is 5.97. The van der Waals surface area contributed by atoms with E-state index in [0.29, 0.717) is 17.9 Å². The van der Waals surface area contributed by atoms with Gasteiger partial charge in [0.15, 0.2) is 5.82 Å². The fraction of sp³-hybridized carbons (Fsp3) is 0.846. The molecule has 18 heavy (non-hydrogen) atoms. The number of aromatic nitrogens is 2. The lowest BCUT2D eigenvalue weighted by atomic mass is 9.90. The van der Waals surface area contributed by atoms with E-state index in [9.17, 15) is 0 Å². The third-order valence-corrected chi connectivity index (χ3v) is 3.68. The monoisotopic (exact) mass is 252 g/mol. The molecule has 1 aliphatic carbocycles. The first-order chi connectivity index (χ1) is 8.69. The molecule has 0 unspecified atom stereocenters. The summed E-state index contributed by atoms with van der Waals surface area (Å²) >= 11 is 0. The molecule has 0 spiro atoms. The minimum atomic E-state index is 0.398. The van der Waals surface area contributed by atoms with Gasteiger partial charge in [-0.15, -0.1) is 0 Å². The molecule has 0 radical (unpaired) electrons. The zero-order chi connectivity index (χ0) is 13.0. The fourth-order valence-corrected chi connectivity index (χ4v) is 2.72. The van der Waals surface area contributed by atoms with Gasteiger partial charge in [0.05, 0.1) is 6.54 Å². The molecule has 0 aromatic carbocycles. The average molecular weight is 252 g/mol. The van der Waals surface area contributed by atoms with Crippen molar-refractivity contribution >= 4 is 0 Å². The van der Waals surface area contributed by atoms with Gasteiger partial charge in [-0.25, -0.2) is 0 Å². The van der Waals surface area contributed by atoms with Gasteiger partial charge in [0, 0.05) is 12.1 Å². The van der Waals surface area contributed by atoms with Crippen LogP contribution in [0.4, 0.5) is 0 Å². The Morgan fingerprint density at radius 2 is 2.06 bits per heavy atom. The van der Waals surface area contributed by atoms with Crippen LogP contribution in [0, 0.1) is 6.92 Å². The van der Waals surface area contributed by atoms with E-state index in [1.807, 2.05) is 6.92 Å². The Labute approximate surface area is 109 Å². The smallest absolute Gasteiger partial charge is 0.240 e. The Morgan fingerprint density at radius 1 is 1.33 bits per heavy atom. The lowest BCUT2D eigenvalue weighted by molar-refractivity contribution is 0.126. The Balaban J connectivity index is 1.94. The molecule has 1 saturated carbocycles. The average Bonchev–Trinajstić information content (AvgIpc) is 2.75. The molecule has 0 saturated heterocycles. The minimum absolute atomic E-state index is 0.398. The van der Waals surface area contributed by atoms with Crippen molar-refractivity contribution in [3.63, 3.8) is 0 Å². The van der Waals surface area contributed by atoms with Gasteiger partial charge in [-0.1, -0.05) is 12.1 Å². The predicted molar refractivity (Wildman–Crippen MR) is 70.0 cm³/mol. The van der Waals surface area contributed by atoms with Crippen LogP contribution in [0.3, 0.4) is 0 Å². The van der Waals surface area contributed by atoms with Crippen LogP contribution in [0.15, 0.2) is 4.52 Å². The van der Waals surface area contributed by atoms with E-state index in [2.05, 4.69) is 22.0 Å². The topological polar surface area (TPSA) is 68.2 Å². The van der Waals surface area contributed by atoms with Gasteiger partial charge in [-0.3, -0.25) is 4.90 Å². The lowest BCUT2D eigenvalue weighted by Crippen LogP contribution is -2.40. The van der Waals surface area contributed by atoms with Crippen LogP contribution < -0.4 is 5.73 Å². The van der Waals surface area contributed by atoms with Gasteiger partial charge in [0.2, 0.25) is 5.89 Å². The number of aryl methyl sites for hydroxylation is 1. The standard InChI is InChI=1S/C13H24N4O/c1-3-8-17(9-13-15-10(2)16-18-13)12-6-4-11(14)5-7-12/h11-12H,3-9,14H2,1-2H3. The number of rotatable bonds is 5. The Morgan fingerprint density at radius 3 is 2.61 bits per heavy atom. The molecule has 5 heteroatoms. The molecule has 1 aromatic heterocycles. The van der Waals surface area contributed by atoms with E-state index in [4.69, 9.17) is 10.3 Å². The van der Waals surface area contributed by atoms with Crippen molar-refractivity contribution in [2.24, 2.45) is 5.73 Å². The van der Waals surface area contributed by atoms with Gasteiger partial charge in [-0.05, 0) is 45.6 Å². The van der Waals surface area contributed by atoms with Gasteiger partial charge in [0.1, 0.15) is 0 Å². The summed E-state index contributed by atoms with van der Waals surface area (Å²) in [5, 5.41) is 3.85. The fourth-order valence-electron chi connectivity index (χ4n) is 2.72. The SMILES string of the molecule is CCCN(Cc1nc(C)no1)C1CCC(N)CC1. The van der Waals surface area contributed by atoms with E-state index in [0.717, 1.165) is 38.2 Å². The van der Waals surface area contributed by atoms with E-state index in [-0.39, 0.29) is 0 Å². The van der Waals surface area contributed by atoms with Crippen LogP contribution in [0.5, 0.6) is 0 Å². The minimum Gasteiger partial charge on any atom is -0.338 e. The Kier molecular flexibility index (Phi) is 4.72. The summed E-state index contributed by atoms with van der Waals surface area (Å²) in [5.74, 6) is 1.45. The van der Waals surface area contributed by atoms with Crippen LogP contribution in [0.2, 0.25) is 0 Å². The molecule has 2 N–H and O–H groups in total. The summed E-state index contributed by atoms with van der Waals surface area (Å²) in [7, 11) is 0. The zero-order valence-corrected chi connectivity index (χ0v) is 11.4. The molecule has 0 aliphatic heterocycles. The molecular formula is C13H24N4O. The van der Waals surface area contributed by atoms with Crippen molar-refractivity contribution < 1.29 is 4.52 Å². The maximum absolute atomic E-state index is 5.97. The van der Waals surface area contributed by atoms with E-state index < -0.39 is 0 Å². The summed E-state index contributed by atoms with van der Waals surface area (Å²) in [6, 6.07) is 1.02. The molecule has 0 atom stereocenters. The summed E-state index contributed by atoms with van der Waals surface area (Å²) in [6.45, 7) is 5.92. The lowest BCUT2D eigenvalue weighted by Gasteiger charge is -2.35. The second-order valence-corrected chi connectivity index (χ2v) is 5.27. The number of nitrogens with two attached hydrogens (primary N) is 1. The number of hydrogen-bond acceptors (Lipinski definition) is 5. The highest BCUT2D eigenvalue weighted by Gasteiger charge is 2.25. The molecule has 0 bridgehead atoms. The molecular weight excluding hydrogens is 228 g/mol. The molecule has 5 nitrogen and oxygen atoms in total. The quantitative estimate of drug-likeness (QED) is 0.866. The van der Waals surface area contributed by atoms with Gasteiger partial charge >= 0.3 is 0 Å². The van der Waals surface area contributed by atoms with Crippen LogP contribution >= 0.6 is 0 Å². The van der Waals surface area contributed by atoms with Crippen LogP contribution in [0.25, 0.3) is 0 Å². The maximum Gasteiger partial charge on any atom is 0.240 e. The molecule has 102 valence electrons. The second kappa shape index (κ2) is 6.29. The van der Waals surface area contributed by atoms with Crippen molar-refractivity contribution in [1.82, 2.24) is 15.0 Å². The van der Waals surface area contributed by atoms with Crippen molar-refractivity contribution in [3.05, 3.63) is 11.7 Å². The molecule has 1 aliphatic rings. The van der Waals surface area contributed by atoms with Gasteiger partial charge < -0.3 is 10.3 Å². The molecule has 2 rings (SSSR count). The molecule has 1 heterocycles. The van der Waals surface area contributed by atoms with E-state index in [1.54, 1.807) is 0 Å². The second-order valence-electron chi connectivity index (χ2n) is 5.27. The third-order valence-electron chi connectivity index (χ3n) is 3.68. The number of hydrogen-bond donors (Lipinski definition) is 1. The van der Waals surface area contributed by atoms with Gasteiger partial charge in [0.25, 0.3) is 0 Å². The predicted octanol–water partition coefficient (Wildman–Crippen LogP) is 1.86. The summed E-state index contributed by atoms with van der Waals surface area (Å²) in [6.07, 6.45) is 5.79. The zero-order valence-electron chi connectivity index (χ0n) is 11.4. The first kappa shape index (κ1) is 13.5. The highest BCUT2D eigenvalue weighted by atomic mass is 16.5. The first-order valence-electron chi connectivity index (χ1n) is 6.98. The third kappa shape index (κ3) is 3.53. The van der Waals surface area contributed by atoms with Crippen molar-refractivity contribution in [1.29, 1.82) is 0 Å². The first-order valence-corrected chi connectivity index (χ1v) is 6.98. The molecule has 0 amide bonds. The van der Waals surface area contributed by atoms with Crippen LogP contribution in [-0.2, 0) is 6.54 Å². The summed E-state index contributed by atoms with van der Waals surface area (Å²) < 4.78 is 5.23. The highest BCUT2D eigenvalue weighted by molar-refractivity contribution is 4.87. The summed E-state index contributed by atoms with van der Waals surface area (Å²) in [4.78, 5) is 6.77. The maximum atomic E-state index is 5.97. The van der Waals surface area contributed by atoms with E-state index >= 15 is 0 Å². The van der Waals surface area contributed by atoms with Crippen molar-refractivity contribution in [2.75, 3.05) is 6.54 Å².